The number of hydrogen-bond acceptors (Lipinski definition) is 0. The predicted molar refractivity (Wildman–Crippen MR) is 76.0 cm³/mol. The van der Waals surface area contributed by atoms with Gasteiger partial charge in [-0.2, -0.15) is 0 Å². The van der Waals surface area contributed by atoms with E-state index in [1.165, 1.54) is 51.4 Å². The quantitative estimate of drug-likeness (QED) is 0.550. The van der Waals surface area contributed by atoms with Gasteiger partial charge in [-0.1, -0.05) is 53.4 Å². The van der Waals surface area contributed by atoms with E-state index in [2.05, 4.69) is 27.7 Å². The van der Waals surface area contributed by atoms with E-state index in [4.69, 9.17) is 0 Å². The minimum Gasteiger partial charge on any atom is -0.0625 e. The first kappa shape index (κ1) is 13.4. The van der Waals surface area contributed by atoms with E-state index in [1.54, 1.807) is 0 Å². The maximum absolute atomic E-state index is 2.45. The van der Waals surface area contributed by atoms with Crippen molar-refractivity contribution in [2.24, 2.45) is 29.1 Å². The molecule has 0 bridgehead atoms. The van der Waals surface area contributed by atoms with E-state index < -0.39 is 0 Å². The molecule has 2 aliphatic carbocycles. The molecule has 17 heavy (non-hydrogen) atoms. The van der Waals surface area contributed by atoms with Gasteiger partial charge < -0.3 is 0 Å². The molecule has 0 heteroatoms. The van der Waals surface area contributed by atoms with Crippen LogP contribution in [0.15, 0.2) is 0 Å². The van der Waals surface area contributed by atoms with Gasteiger partial charge in [-0.05, 0) is 54.8 Å². The highest BCUT2D eigenvalue weighted by Gasteiger charge is 2.34. The zero-order valence-corrected chi connectivity index (χ0v) is 12.5. The van der Waals surface area contributed by atoms with Crippen molar-refractivity contribution in [2.75, 3.05) is 0 Å². The van der Waals surface area contributed by atoms with Crippen molar-refractivity contribution in [1.29, 1.82) is 0 Å². The first-order valence-electron chi connectivity index (χ1n) is 7.97. The molecule has 100 valence electrons. The van der Waals surface area contributed by atoms with Gasteiger partial charge in [-0.3, -0.25) is 0 Å². The topological polar surface area (TPSA) is 0 Å². The van der Waals surface area contributed by atoms with E-state index in [0.717, 1.165) is 23.7 Å². The second-order valence-electron chi connectivity index (χ2n) is 8.01. The van der Waals surface area contributed by atoms with Gasteiger partial charge in [0.1, 0.15) is 0 Å². The molecule has 2 aliphatic rings. The second kappa shape index (κ2) is 5.33. The summed E-state index contributed by atoms with van der Waals surface area (Å²) in [6.07, 6.45) is 12.1. The zero-order valence-electron chi connectivity index (χ0n) is 12.5. The van der Waals surface area contributed by atoms with Crippen LogP contribution in [0.1, 0.15) is 79.1 Å². The first-order valence-corrected chi connectivity index (χ1v) is 7.97. The fourth-order valence-corrected chi connectivity index (χ4v) is 4.20. The van der Waals surface area contributed by atoms with Crippen LogP contribution in [0.2, 0.25) is 0 Å². The Hall–Kier alpha value is 0. The SMILES string of the molecule is CC1CCC(C2CCCC(C(C)(C)C)C2)CC1. The van der Waals surface area contributed by atoms with Crippen LogP contribution in [0.25, 0.3) is 0 Å². The molecule has 0 radical (unpaired) electrons. The molecule has 0 aliphatic heterocycles. The molecular weight excluding hydrogens is 204 g/mol. The van der Waals surface area contributed by atoms with Crippen LogP contribution in [-0.4, -0.2) is 0 Å². The largest absolute Gasteiger partial charge is 0.0625 e. The van der Waals surface area contributed by atoms with Crippen LogP contribution >= 0.6 is 0 Å². The van der Waals surface area contributed by atoms with Crippen molar-refractivity contribution >= 4 is 0 Å². The van der Waals surface area contributed by atoms with Crippen molar-refractivity contribution in [1.82, 2.24) is 0 Å². The molecule has 2 atom stereocenters. The Bertz CT molecular complexity index is 227. The smallest absolute Gasteiger partial charge is 0.0354 e. The van der Waals surface area contributed by atoms with Crippen molar-refractivity contribution in [3.8, 4) is 0 Å². The van der Waals surface area contributed by atoms with Crippen molar-refractivity contribution < 1.29 is 0 Å². The lowest BCUT2D eigenvalue weighted by atomic mass is 9.64. The lowest BCUT2D eigenvalue weighted by Gasteiger charge is -2.42. The monoisotopic (exact) mass is 236 g/mol. The molecule has 0 N–H and O–H groups in total. The van der Waals surface area contributed by atoms with Crippen molar-refractivity contribution in [3.63, 3.8) is 0 Å². The first-order chi connectivity index (χ1) is 7.97. The minimum absolute atomic E-state index is 0.542. The summed E-state index contributed by atoms with van der Waals surface area (Å²) in [4.78, 5) is 0. The third-order valence-corrected chi connectivity index (χ3v) is 5.67. The standard InChI is InChI=1S/C17H32/c1-13-8-10-14(11-9-13)15-6-5-7-16(12-15)17(2,3)4/h13-16H,5-12H2,1-4H3. The molecule has 0 amide bonds. The second-order valence-corrected chi connectivity index (χ2v) is 8.01. The average Bonchev–Trinajstić information content (AvgIpc) is 2.29. The minimum atomic E-state index is 0.542. The Balaban J connectivity index is 1.89. The summed E-state index contributed by atoms with van der Waals surface area (Å²) in [7, 11) is 0. The highest BCUT2D eigenvalue weighted by atomic mass is 14.4. The summed E-state index contributed by atoms with van der Waals surface area (Å²) in [5, 5.41) is 0. The van der Waals surface area contributed by atoms with E-state index in [9.17, 15) is 0 Å². The third-order valence-electron chi connectivity index (χ3n) is 5.67. The summed E-state index contributed by atoms with van der Waals surface area (Å²) < 4.78 is 0. The van der Waals surface area contributed by atoms with E-state index >= 15 is 0 Å². The highest BCUT2D eigenvalue weighted by Crippen LogP contribution is 2.46. The molecule has 0 spiro atoms. The third kappa shape index (κ3) is 3.48. The van der Waals surface area contributed by atoms with Gasteiger partial charge in [-0.25, -0.2) is 0 Å². The van der Waals surface area contributed by atoms with E-state index in [1.807, 2.05) is 0 Å². The van der Waals surface area contributed by atoms with Gasteiger partial charge in [0.2, 0.25) is 0 Å². The highest BCUT2D eigenvalue weighted by molar-refractivity contribution is 4.85. The summed E-state index contributed by atoms with van der Waals surface area (Å²) in [6.45, 7) is 9.78. The van der Waals surface area contributed by atoms with Gasteiger partial charge in [0.25, 0.3) is 0 Å². The maximum atomic E-state index is 2.45. The molecule has 2 saturated carbocycles. The molecule has 2 unspecified atom stereocenters. The summed E-state index contributed by atoms with van der Waals surface area (Å²) >= 11 is 0. The van der Waals surface area contributed by atoms with E-state index in [-0.39, 0.29) is 0 Å². The van der Waals surface area contributed by atoms with Crippen LogP contribution in [-0.2, 0) is 0 Å². The molecule has 0 aromatic carbocycles. The fourth-order valence-electron chi connectivity index (χ4n) is 4.20. The lowest BCUT2D eigenvalue weighted by Crippen LogP contribution is -2.31. The van der Waals surface area contributed by atoms with Crippen LogP contribution in [0.5, 0.6) is 0 Å². The van der Waals surface area contributed by atoms with Crippen molar-refractivity contribution in [3.05, 3.63) is 0 Å². The molecule has 0 heterocycles. The Labute approximate surface area is 109 Å². The molecule has 0 saturated heterocycles. The van der Waals surface area contributed by atoms with Gasteiger partial charge >= 0.3 is 0 Å². The summed E-state index contributed by atoms with van der Waals surface area (Å²) in [6, 6.07) is 0. The Morgan fingerprint density at radius 2 is 1.41 bits per heavy atom. The van der Waals surface area contributed by atoms with Crippen molar-refractivity contribution in [2.45, 2.75) is 79.1 Å². The van der Waals surface area contributed by atoms with Gasteiger partial charge in [0.05, 0.1) is 0 Å². The molecule has 0 aromatic rings. The summed E-state index contributed by atoms with van der Waals surface area (Å²) in [5.41, 5.74) is 0.542. The normalized spacial score (nSPS) is 40.2. The molecule has 0 nitrogen and oxygen atoms in total. The summed E-state index contributed by atoms with van der Waals surface area (Å²) in [5.74, 6) is 4.14. The lowest BCUT2D eigenvalue weighted by molar-refractivity contribution is 0.0901. The predicted octanol–water partition coefficient (Wildman–Crippen LogP) is 5.67. The van der Waals surface area contributed by atoms with Crippen LogP contribution in [0.4, 0.5) is 0 Å². The Morgan fingerprint density at radius 1 is 0.765 bits per heavy atom. The van der Waals surface area contributed by atoms with Crippen LogP contribution in [0.3, 0.4) is 0 Å². The molecule has 0 aromatic heterocycles. The average molecular weight is 236 g/mol. The van der Waals surface area contributed by atoms with Crippen LogP contribution in [0, 0.1) is 29.1 Å². The van der Waals surface area contributed by atoms with Gasteiger partial charge in [0, 0.05) is 0 Å². The van der Waals surface area contributed by atoms with Gasteiger partial charge in [0.15, 0.2) is 0 Å². The van der Waals surface area contributed by atoms with Crippen LogP contribution < -0.4 is 0 Å². The molecule has 2 fully saturated rings. The van der Waals surface area contributed by atoms with E-state index in [0.29, 0.717) is 5.41 Å². The fraction of sp³-hybridized carbons (Fsp3) is 1.00. The number of hydrogen-bond donors (Lipinski definition) is 0. The Kier molecular flexibility index (Phi) is 4.21. The molecule has 2 rings (SSSR count). The maximum Gasteiger partial charge on any atom is -0.0354 e. The number of rotatable bonds is 1. The molecular formula is C17H32. The Morgan fingerprint density at radius 3 is 2.00 bits per heavy atom. The zero-order chi connectivity index (χ0) is 12.5. The van der Waals surface area contributed by atoms with Gasteiger partial charge in [-0.15, -0.1) is 0 Å².